The molecule has 0 fully saturated rings. The van der Waals surface area contributed by atoms with E-state index in [1.807, 2.05) is 151 Å². The van der Waals surface area contributed by atoms with Crippen LogP contribution in [0.2, 0.25) is 0 Å². The van der Waals surface area contributed by atoms with Crippen molar-refractivity contribution >= 4 is 0 Å². The Labute approximate surface area is 251 Å². The first-order chi connectivity index (χ1) is 18.0. The van der Waals surface area contributed by atoms with Gasteiger partial charge >= 0.3 is 0 Å². The van der Waals surface area contributed by atoms with Gasteiger partial charge < -0.3 is 40.5 Å². The van der Waals surface area contributed by atoms with E-state index in [1.165, 1.54) is 0 Å². The number of aliphatic hydroxyl groups excluding tert-OH is 2. The number of hydrogen-bond acceptors (Lipinski definition) is 2. The maximum Gasteiger partial charge on any atom is 0.0942 e. The molecule has 0 saturated heterocycles. The van der Waals surface area contributed by atoms with E-state index < -0.39 is 0 Å². The van der Waals surface area contributed by atoms with Gasteiger partial charge in [0.25, 0.3) is 0 Å². The average Bonchev–Trinajstić information content (AvgIpc) is 3.65. The summed E-state index contributed by atoms with van der Waals surface area (Å²) >= 11 is 0. The topological polar surface area (TPSA) is 40.5 Å². The Morgan fingerprint density at radius 1 is 0.564 bits per heavy atom. The summed E-state index contributed by atoms with van der Waals surface area (Å²) in [5, 5.41) is 21.6. The molecule has 3 heteroatoms. The van der Waals surface area contributed by atoms with Crippen molar-refractivity contribution in [2.24, 2.45) is 10.8 Å². The van der Waals surface area contributed by atoms with Crippen LogP contribution in [0, 0.1) is 10.8 Å². The monoisotopic (exact) mass is 556 g/mol. The molecule has 210 valence electrons. The Bertz CT molecular complexity index is 1040. The van der Waals surface area contributed by atoms with Gasteiger partial charge in [-0.2, -0.15) is 18.2 Å². The molecular formula is C36H44O2Ti-6. The molecule has 0 saturated carbocycles. The molecule has 0 aliphatic carbocycles. The van der Waals surface area contributed by atoms with Crippen LogP contribution < -0.4 is 0 Å². The zero-order chi connectivity index (χ0) is 28.0. The molecule has 2 N–H and O–H groups in total. The van der Waals surface area contributed by atoms with E-state index in [0.717, 1.165) is 11.1 Å². The Morgan fingerprint density at radius 3 is 1.10 bits per heavy atom. The molecule has 2 unspecified atom stereocenters. The second-order valence-electron chi connectivity index (χ2n) is 11.4. The smallest absolute Gasteiger partial charge is 0.0942 e. The van der Waals surface area contributed by atoms with Gasteiger partial charge in [-0.05, 0) is 23.3 Å². The van der Waals surface area contributed by atoms with Crippen molar-refractivity contribution in [3.05, 3.63) is 156 Å². The van der Waals surface area contributed by atoms with Crippen LogP contribution in [-0.4, -0.2) is 10.2 Å². The Morgan fingerprint density at radius 2 is 0.872 bits per heavy atom. The zero-order valence-electron chi connectivity index (χ0n) is 24.3. The number of benzene rings is 2. The van der Waals surface area contributed by atoms with E-state index in [1.54, 1.807) is 0 Å². The summed E-state index contributed by atoms with van der Waals surface area (Å²) in [6, 6.07) is 40.4. The fourth-order valence-electron chi connectivity index (χ4n) is 3.65. The van der Waals surface area contributed by atoms with E-state index in [2.05, 4.69) is 24.3 Å². The van der Waals surface area contributed by atoms with Gasteiger partial charge in [-0.25, -0.2) is 12.1 Å². The van der Waals surface area contributed by atoms with E-state index in [4.69, 9.17) is 0 Å². The Hall–Kier alpha value is -3.07. The first-order valence-corrected chi connectivity index (χ1v) is 13.3. The van der Waals surface area contributed by atoms with Gasteiger partial charge in [-0.1, -0.05) is 102 Å². The first kappa shape index (κ1) is 34.0. The van der Waals surface area contributed by atoms with Gasteiger partial charge in [0.05, 0.1) is 11.5 Å². The SMILES string of the molecule is CC(C)(C)C(O)=CC(c1ccccc1)C(C=C(O)C(C)(C)C)c1ccccc1.[Ti].[cH-]1[cH-][cH-][cH-][cH-]1.c1cc[cH-]c1. The summed E-state index contributed by atoms with van der Waals surface area (Å²) in [5.41, 5.74) is 1.52. The fraction of sp³-hybridized carbons (Fsp3) is 0.278. The molecule has 0 aliphatic heterocycles. The fourth-order valence-corrected chi connectivity index (χ4v) is 3.65. The van der Waals surface area contributed by atoms with Crippen LogP contribution in [0.3, 0.4) is 0 Å². The molecule has 2 atom stereocenters. The van der Waals surface area contributed by atoms with E-state index >= 15 is 0 Å². The normalized spacial score (nSPS) is 13.5. The quantitative estimate of drug-likeness (QED) is 0.146. The minimum absolute atomic E-state index is 0. The third-order valence-electron chi connectivity index (χ3n) is 6.08. The first-order valence-electron chi connectivity index (χ1n) is 13.3. The third kappa shape index (κ3) is 12.6. The van der Waals surface area contributed by atoms with Crippen molar-refractivity contribution in [2.75, 3.05) is 0 Å². The predicted octanol–water partition coefficient (Wildman–Crippen LogP) is 10.3. The summed E-state index contributed by atoms with van der Waals surface area (Å²) in [6.07, 6.45) is 3.89. The summed E-state index contributed by atoms with van der Waals surface area (Å²) in [5.74, 6) is 0.497. The van der Waals surface area contributed by atoms with Crippen LogP contribution in [0.15, 0.2) is 145 Å². The van der Waals surface area contributed by atoms with Gasteiger partial charge in [0.15, 0.2) is 0 Å². The van der Waals surface area contributed by atoms with Crippen LogP contribution in [0.1, 0.15) is 64.5 Å². The minimum atomic E-state index is -0.343. The standard InChI is InChI=1S/C26H34O2.2C5H5.Ti/c1-25(2,3)23(27)17-21(19-13-9-7-10-14-19)22(18-24(28)26(4,5)6)20-15-11-8-12-16-20;2*1-2-4-5-3-1;/h7-18,21-22,27-28H,1-6H3;2*1-5H;/q;-5;-1;. The van der Waals surface area contributed by atoms with E-state index in [-0.39, 0.29) is 44.4 Å². The van der Waals surface area contributed by atoms with Gasteiger partial charge in [0, 0.05) is 44.4 Å². The molecule has 4 rings (SSSR count). The van der Waals surface area contributed by atoms with Crippen molar-refractivity contribution < 1.29 is 31.9 Å². The molecule has 0 heterocycles. The number of rotatable bonds is 5. The van der Waals surface area contributed by atoms with E-state index in [9.17, 15) is 10.2 Å². The molecular weight excluding hydrogens is 512 g/mol. The van der Waals surface area contributed by atoms with Crippen LogP contribution in [-0.2, 0) is 21.7 Å². The van der Waals surface area contributed by atoms with Crippen LogP contribution in [0.4, 0.5) is 0 Å². The van der Waals surface area contributed by atoms with Crippen molar-refractivity contribution in [1.82, 2.24) is 0 Å². The van der Waals surface area contributed by atoms with Crippen molar-refractivity contribution in [3.8, 4) is 0 Å². The van der Waals surface area contributed by atoms with Crippen molar-refractivity contribution in [3.63, 3.8) is 0 Å². The van der Waals surface area contributed by atoms with E-state index in [0.29, 0.717) is 11.5 Å². The molecule has 0 radical (unpaired) electrons. The molecule has 0 bridgehead atoms. The summed E-state index contributed by atoms with van der Waals surface area (Å²) in [4.78, 5) is 0. The average molecular weight is 557 g/mol. The molecule has 4 aromatic rings. The molecule has 0 spiro atoms. The maximum absolute atomic E-state index is 10.8. The summed E-state index contributed by atoms with van der Waals surface area (Å²) in [7, 11) is 0. The summed E-state index contributed by atoms with van der Waals surface area (Å²) in [6.45, 7) is 12.0. The molecule has 39 heavy (non-hydrogen) atoms. The number of hydrogen-bond donors (Lipinski definition) is 2. The van der Waals surface area contributed by atoms with Gasteiger partial charge in [0.2, 0.25) is 0 Å². The molecule has 0 aromatic heterocycles. The summed E-state index contributed by atoms with van der Waals surface area (Å²) < 4.78 is 0. The van der Waals surface area contributed by atoms with Crippen LogP contribution in [0.25, 0.3) is 0 Å². The predicted molar refractivity (Wildman–Crippen MR) is 163 cm³/mol. The van der Waals surface area contributed by atoms with Crippen molar-refractivity contribution in [2.45, 2.75) is 53.4 Å². The van der Waals surface area contributed by atoms with Gasteiger partial charge in [-0.15, -0.1) is 0 Å². The minimum Gasteiger partial charge on any atom is -0.748 e. The van der Waals surface area contributed by atoms with Crippen LogP contribution in [0.5, 0.6) is 0 Å². The van der Waals surface area contributed by atoms with Gasteiger partial charge in [0.1, 0.15) is 0 Å². The Kier molecular flexibility index (Phi) is 14.6. The molecule has 0 aliphatic rings. The number of aliphatic hydroxyl groups is 2. The largest absolute Gasteiger partial charge is 0.748 e. The van der Waals surface area contributed by atoms with Gasteiger partial charge in [-0.3, -0.25) is 0 Å². The second kappa shape index (κ2) is 16.8. The van der Waals surface area contributed by atoms with Crippen molar-refractivity contribution in [1.29, 1.82) is 0 Å². The Balaban J connectivity index is 0.000000571. The third-order valence-corrected chi connectivity index (χ3v) is 6.08. The van der Waals surface area contributed by atoms with Crippen LogP contribution >= 0.6 is 0 Å². The molecule has 4 aromatic carbocycles. The second-order valence-corrected chi connectivity index (χ2v) is 11.4. The number of allylic oxidation sites excluding steroid dienone is 4. The molecule has 0 amide bonds. The maximum atomic E-state index is 10.8. The zero-order valence-corrected chi connectivity index (χ0v) is 25.8. The molecule has 2 nitrogen and oxygen atoms in total.